The minimum absolute atomic E-state index is 0.0549. The average Bonchev–Trinajstić information content (AvgIpc) is 2.36. The first-order valence-electron chi connectivity index (χ1n) is 6.72. The van der Waals surface area contributed by atoms with Gasteiger partial charge in [-0.3, -0.25) is 9.59 Å². The standard InChI is InChI=1S/C15H22N2O3/c1-10(2)17-15(19)14(18)16-9-12-5-7-13(8-6-12)20-11(3)4/h5-8,10-11H,9H2,1-4H3,(H,16,18)(H,17,19). The maximum absolute atomic E-state index is 11.5. The lowest BCUT2D eigenvalue weighted by Crippen LogP contribution is -2.42. The molecule has 0 atom stereocenters. The number of ether oxygens (including phenoxy) is 1. The van der Waals surface area contributed by atoms with E-state index in [1.807, 2.05) is 38.1 Å². The third-order valence-corrected chi connectivity index (χ3v) is 2.37. The molecule has 1 aromatic rings. The molecule has 110 valence electrons. The van der Waals surface area contributed by atoms with E-state index >= 15 is 0 Å². The first-order chi connectivity index (χ1) is 9.38. The van der Waals surface area contributed by atoms with Crippen LogP contribution in [0.25, 0.3) is 0 Å². The van der Waals surface area contributed by atoms with Crippen LogP contribution in [0.15, 0.2) is 24.3 Å². The third kappa shape index (κ3) is 5.73. The summed E-state index contributed by atoms with van der Waals surface area (Å²) in [6, 6.07) is 7.35. The Labute approximate surface area is 119 Å². The van der Waals surface area contributed by atoms with Crippen LogP contribution < -0.4 is 15.4 Å². The molecule has 0 aliphatic carbocycles. The Balaban J connectivity index is 2.45. The number of carbonyl (C=O) groups is 2. The molecule has 0 aliphatic rings. The number of carbonyl (C=O) groups excluding carboxylic acids is 2. The third-order valence-electron chi connectivity index (χ3n) is 2.37. The van der Waals surface area contributed by atoms with Gasteiger partial charge in [-0.1, -0.05) is 12.1 Å². The van der Waals surface area contributed by atoms with E-state index in [4.69, 9.17) is 4.74 Å². The molecule has 20 heavy (non-hydrogen) atoms. The molecule has 5 nitrogen and oxygen atoms in total. The van der Waals surface area contributed by atoms with Crippen LogP contribution in [-0.2, 0) is 16.1 Å². The fourth-order valence-electron chi connectivity index (χ4n) is 1.55. The van der Waals surface area contributed by atoms with Crippen LogP contribution in [0, 0.1) is 0 Å². The fraction of sp³-hybridized carbons (Fsp3) is 0.467. The predicted octanol–water partition coefficient (Wildman–Crippen LogP) is 1.61. The van der Waals surface area contributed by atoms with Gasteiger partial charge >= 0.3 is 11.8 Å². The molecule has 2 amide bonds. The number of rotatable bonds is 5. The van der Waals surface area contributed by atoms with Gasteiger partial charge in [0, 0.05) is 12.6 Å². The minimum atomic E-state index is -0.624. The maximum Gasteiger partial charge on any atom is 0.309 e. The van der Waals surface area contributed by atoms with E-state index in [1.165, 1.54) is 0 Å². The predicted molar refractivity (Wildman–Crippen MR) is 77.3 cm³/mol. The summed E-state index contributed by atoms with van der Waals surface area (Å²) in [7, 11) is 0. The summed E-state index contributed by atoms with van der Waals surface area (Å²) < 4.78 is 5.53. The lowest BCUT2D eigenvalue weighted by molar-refractivity contribution is -0.139. The van der Waals surface area contributed by atoms with E-state index in [1.54, 1.807) is 13.8 Å². The first-order valence-corrected chi connectivity index (χ1v) is 6.72. The second-order valence-corrected chi connectivity index (χ2v) is 5.12. The zero-order valence-corrected chi connectivity index (χ0v) is 12.4. The van der Waals surface area contributed by atoms with Gasteiger partial charge in [0.05, 0.1) is 6.10 Å². The number of amides is 2. The first kappa shape index (κ1) is 16.0. The van der Waals surface area contributed by atoms with Crippen molar-refractivity contribution in [3.05, 3.63) is 29.8 Å². The second kappa shape index (κ2) is 7.53. The monoisotopic (exact) mass is 278 g/mol. The Bertz CT molecular complexity index is 453. The van der Waals surface area contributed by atoms with E-state index in [-0.39, 0.29) is 12.1 Å². The molecule has 5 heteroatoms. The lowest BCUT2D eigenvalue weighted by atomic mass is 10.2. The molecule has 0 aliphatic heterocycles. The molecule has 0 saturated carbocycles. The highest BCUT2D eigenvalue weighted by molar-refractivity contribution is 6.35. The molecule has 0 spiro atoms. The van der Waals surface area contributed by atoms with E-state index in [9.17, 15) is 9.59 Å². The lowest BCUT2D eigenvalue weighted by Gasteiger charge is -2.11. The Morgan fingerprint density at radius 2 is 1.65 bits per heavy atom. The van der Waals surface area contributed by atoms with Crippen molar-refractivity contribution in [3.63, 3.8) is 0 Å². The fourth-order valence-corrected chi connectivity index (χ4v) is 1.55. The normalized spacial score (nSPS) is 10.5. The molecule has 0 aromatic heterocycles. The van der Waals surface area contributed by atoms with Crippen molar-refractivity contribution < 1.29 is 14.3 Å². The van der Waals surface area contributed by atoms with Crippen LogP contribution in [0.5, 0.6) is 5.75 Å². The highest BCUT2D eigenvalue weighted by Gasteiger charge is 2.13. The Morgan fingerprint density at radius 1 is 1.05 bits per heavy atom. The summed E-state index contributed by atoms with van der Waals surface area (Å²) in [6.07, 6.45) is 0.125. The zero-order valence-electron chi connectivity index (χ0n) is 12.4. The summed E-state index contributed by atoms with van der Waals surface area (Å²) in [5.41, 5.74) is 0.909. The second-order valence-electron chi connectivity index (χ2n) is 5.12. The largest absolute Gasteiger partial charge is 0.491 e. The SMILES string of the molecule is CC(C)NC(=O)C(=O)NCc1ccc(OC(C)C)cc1. The smallest absolute Gasteiger partial charge is 0.309 e. The molecule has 0 bridgehead atoms. The summed E-state index contributed by atoms with van der Waals surface area (Å²) >= 11 is 0. The van der Waals surface area contributed by atoms with Crippen molar-refractivity contribution in [2.75, 3.05) is 0 Å². The van der Waals surface area contributed by atoms with Crippen LogP contribution >= 0.6 is 0 Å². The number of hydrogen-bond acceptors (Lipinski definition) is 3. The molecule has 0 unspecified atom stereocenters. The van der Waals surface area contributed by atoms with Crippen LogP contribution in [-0.4, -0.2) is 24.0 Å². The molecule has 0 radical (unpaired) electrons. The van der Waals surface area contributed by atoms with E-state index in [2.05, 4.69) is 10.6 Å². The summed E-state index contributed by atoms with van der Waals surface area (Å²) in [4.78, 5) is 22.9. The van der Waals surface area contributed by atoms with Gasteiger partial charge < -0.3 is 15.4 Å². The average molecular weight is 278 g/mol. The summed E-state index contributed by atoms with van der Waals surface area (Å²) in [5.74, 6) is -0.450. The van der Waals surface area contributed by atoms with Crippen molar-refractivity contribution in [2.24, 2.45) is 0 Å². The minimum Gasteiger partial charge on any atom is -0.491 e. The van der Waals surface area contributed by atoms with Crippen LogP contribution in [0.4, 0.5) is 0 Å². The summed E-state index contributed by atoms with van der Waals surface area (Å²) in [6.45, 7) is 7.84. The molecule has 0 heterocycles. The van der Waals surface area contributed by atoms with Gasteiger partial charge in [0.1, 0.15) is 5.75 Å². The van der Waals surface area contributed by atoms with Crippen molar-refractivity contribution in [1.29, 1.82) is 0 Å². The molecule has 0 fully saturated rings. The van der Waals surface area contributed by atoms with Gasteiger partial charge in [0.25, 0.3) is 0 Å². The van der Waals surface area contributed by atoms with Crippen molar-refractivity contribution in [1.82, 2.24) is 10.6 Å². The van der Waals surface area contributed by atoms with Crippen molar-refractivity contribution in [2.45, 2.75) is 46.4 Å². The maximum atomic E-state index is 11.5. The van der Waals surface area contributed by atoms with Crippen LogP contribution in [0.3, 0.4) is 0 Å². The molecule has 0 saturated heterocycles. The van der Waals surface area contributed by atoms with Crippen LogP contribution in [0.1, 0.15) is 33.3 Å². The van der Waals surface area contributed by atoms with Gasteiger partial charge in [0.2, 0.25) is 0 Å². The molecular formula is C15H22N2O3. The quantitative estimate of drug-likeness (QED) is 0.804. The van der Waals surface area contributed by atoms with Gasteiger partial charge in [-0.2, -0.15) is 0 Å². The molecule has 1 rings (SSSR count). The zero-order chi connectivity index (χ0) is 15.1. The number of nitrogens with one attached hydrogen (secondary N) is 2. The van der Waals surface area contributed by atoms with Crippen molar-refractivity contribution >= 4 is 11.8 Å². The van der Waals surface area contributed by atoms with Crippen molar-refractivity contribution in [3.8, 4) is 5.75 Å². The molecular weight excluding hydrogens is 256 g/mol. The topological polar surface area (TPSA) is 67.4 Å². The van der Waals surface area contributed by atoms with E-state index in [0.29, 0.717) is 6.54 Å². The Morgan fingerprint density at radius 3 is 2.15 bits per heavy atom. The van der Waals surface area contributed by atoms with Gasteiger partial charge in [-0.15, -0.1) is 0 Å². The highest BCUT2D eigenvalue weighted by Crippen LogP contribution is 2.13. The Kier molecular flexibility index (Phi) is 6.03. The molecule has 1 aromatic carbocycles. The highest BCUT2D eigenvalue weighted by atomic mass is 16.5. The Hall–Kier alpha value is -2.04. The number of hydrogen-bond donors (Lipinski definition) is 2. The molecule has 2 N–H and O–H groups in total. The van der Waals surface area contributed by atoms with Gasteiger partial charge in [0.15, 0.2) is 0 Å². The van der Waals surface area contributed by atoms with Gasteiger partial charge in [-0.05, 0) is 45.4 Å². The van der Waals surface area contributed by atoms with E-state index in [0.717, 1.165) is 11.3 Å². The van der Waals surface area contributed by atoms with Crippen LogP contribution in [0.2, 0.25) is 0 Å². The summed E-state index contributed by atoms with van der Waals surface area (Å²) in [5, 5.41) is 5.11. The van der Waals surface area contributed by atoms with Gasteiger partial charge in [-0.25, -0.2) is 0 Å². The van der Waals surface area contributed by atoms with E-state index < -0.39 is 11.8 Å². The number of benzene rings is 1.